The average Bonchev–Trinajstić information content (AvgIpc) is 2.51. The van der Waals surface area contributed by atoms with Gasteiger partial charge >= 0.3 is 0 Å². The van der Waals surface area contributed by atoms with E-state index in [9.17, 15) is 0 Å². The van der Waals surface area contributed by atoms with Crippen molar-refractivity contribution in [2.24, 2.45) is 5.73 Å². The van der Waals surface area contributed by atoms with Crippen molar-refractivity contribution in [3.05, 3.63) is 59.4 Å². The molecule has 0 saturated carbocycles. The largest absolute Gasteiger partial charge is 0.436 e. The number of aromatic nitrogens is 2. The summed E-state index contributed by atoms with van der Waals surface area (Å²) in [4.78, 5) is 8.71. The summed E-state index contributed by atoms with van der Waals surface area (Å²) in [5, 5.41) is 1.42. The molecule has 2 N–H and O–H groups in total. The highest BCUT2D eigenvalue weighted by molar-refractivity contribution is 7.80. The minimum atomic E-state index is 0.226. The summed E-state index contributed by atoms with van der Waals surface area (Å²) in [5.74, 6) is 0.894. The van der Waals surface area contributed by atoms with Gasteiger partial charge in [-0.05, 0) is 36.4 Å². The smallest absolute Gasteiger partial charge is 0.229 e. The topological polar surface area (TPSA) is 61.0 Å². The average molecular weight is 316 g/mol. The Labute approximate surface area is 131 Å². The van der Waals surface area contributed by atoms with Gasteiger partial charge in [-0.15, -0.1) is 0 Å². The van der Waals surface area contributed by atoms with Gasteiger partial charge in [-0.25, -0.2) is 4.98 Å². The molecule has 0 saturated heterocycles. The van der Waals surface area contributed by atoms with Crippen LogP contribution in [0.3, 0.4) is 0 Å². The second kappa shape index (κ2) is 5.63. The van der Waals surface area contributed by atoms with E-state index in [1.54, 1.807) is 36.7 Å². The zero-order valence-electron chi connectivity index (χ0n) is 10.8. The van der Waals surface area contributed by atoms with Gasteiger partial charge in [0.2, 0.25) is 5.88 Å². The molecule has 0 bridgehead atoms. The number of thiocarbonyl (C=S) groups is 1. The second-order valence-electron chi connectivity index (χ2n) is 4.27. The van der Waals surface area contributed by atoms with Crippen LogP contribution in [0.1, 0.15) is 5.56 Å². The normalized spacial score (nSPS) is 10.5. The Balaban J connectivity index is 2.11. The molecule has 2 aromatic heterocycles. The molecule has 3 aromatic rings. The van der Waals surface area contributed by atoms with Crippen molar-refractivity contribution in [1.29, 1.82) is 0 Å². The molecule has 0 unspecified atom stereocenters. The summed E-state index contributed by atoms with van der Waals surface area (Å²) >= 11 is 11.2. The number of fused-ring (bicyclic) bond motifs is 1. The third kappa shape index (κ3) is 2.66. The number of hydrogen-bond donors (Lipinski definition) is 1. The zero-order valence-corrected chi connectivity index (χ0v) is 12.4. The van der Waals surface area contributed by atoms with Gasteiger partial charge in [-0.2, -0.15) is 0 Å². The molecule has 2 heterocycles. The van der Waals surface area contributed by atoms with E-state index in [1.165, 1.54) is 0 Å². The molecule has 4 nitrogen and oxygen atoms in total. The molecule has 0 fully saturated rings. The van der Waals surface area contributed by atoms with E-state index in [0.29, 0.717) is 27.7 Å². The van der Waals surface area contributed by atoms with Crippen molar-refractivity contribution >= 4 is 39.7 Å². The third-order valence-electron chi connectivity index (χ3n) is 2.92. The third-order valence-corrected chi connectivity index (χ3v) is 3.47. The van der Waals surface area contributed by atoms with Crippen LogP contribution < -0.4 is 10.5 Å². The van der Waals surface area contributed by atoms with Gasteiger partial charge in [0, 0.05) is 17.8 Å². The monoisotopic (exact) mass is 315 g/mol. The molecule has 1 aromatic carbocycles. The lowest BCUT2D eigenvalue weighted by molar-refractivity contribution is 0.466. The van der Waals surface area contributed by atoms with Crippen molar-refractivity contribution in [3.63, 3.8) is 0 Å². The SMILES string of the molecule is NC(=S)c1cccnc1Oc1ccc(Cl)c2cccnc12. The lowest BCUT2D eigenvalue weighted by atomic mass is 10.2. The molecule has 6 heteroatoms. The first-order chi connectivity index (χ1) is 10.2. The summed E-state index contributed by atoms with van der Waals surface area (Å²) in [6, 6.07) is 10.7. The number of ether oxygens (including phenoxy) is 1. The van der Waals surface area contributed by atoms with Crippen LogP contribution in [0.4, 0.5) is 0 Å². The molecule has 0 radical (unpaired) electrons. The lowest BCUT2D eigenvalue weighted by Crippen LogP contribution is -2.11. The molecule has 3 rings (SSSR count). The lowest BCUT2D eigenvalue weighted by Gasteiger charge is -2.11. The van der Waals surface area contributed by atoms with E-state index in [2.05, 4.69) is 9.97 Å². The maximum Gasteiger partial charge on any atom is 0.229 e. The maximum absolute atomic E-state index is 6.16. The first kappa shape index (κ1) is 13.7. The molecule has 0 aliphatic carbocycles. The van der Waals surface area contributed by atoms with Crippen LogP contribution in [-0.2, 0) is 0 Å². The quantitative estimate of drug-likeness (QED) is 0.747. The van der Waals surface area contributed by atoms with Crippen molar-refractivity contribution in [3.8, 4) is 11.6 Å². The van der Waals surface area contributed by atoms with E-state index in [4.69, 9.17) is 34.3 Å². The van der Waals surface area contributed by atoms with Gasteiger partial charge in [-0.1, -0.05) is 23.8 Å². The molecule has 0 spiro atoms. The molecule has 0 atom stereocenters. The Bertz CT molecular complexity index is 838. The van der Waals surface area contributed by atoms with E-state index < -0.39 is 0 Å². The predicted octanol–water partition coefficient (Wildman–Crippen LogP) is 3.71. The first-order valence-corrected chi connectivity index (χ1v) is 6.91. The van der Waals surface area contributed by atoms with Crippen LogP contribution in [0.2, 0.25) is 5.02 Å². The number of pyridine rings is 2. The fraction of sp³-hybridized carbons (Fsp3) is 0. The van der Waals surface area contributed by atoms with Gasteiger partial charge in [0.25, 0.3) is 0 Å². The Morgan fingerprint density at radius 3 is 2.67 bits per heavy atom. The van der Waals surface area contributed by atoms with Crippen LogP contribution in [0.5, 0.6) is 11.6 Å². The van der Waals surface area contributed by atoms with Crippen molar-refractivity contribution in [2.45, 2.75) is 0 Å². The summed E-state index contributed by atoms with van der Waals surface area (Å²) in [6.07, 6.45) is 3.29. The van der Waals surface area contributed by atoms with E-state index >= 15 is 0 Å². The summed E-state index contributed by atoms with van der Waals surface area (Å²) in [5.41, 5.74) is 6.91. The molecule has 0 amide bonds. The van der Waals surface area contributed by atoms with E-state index in [-0.39, 0.29) is 4.99 Å². The minimum absolute atomic E-state index is 0.226. The van der Waals surface area contributed by atoms with Crippen LogP contribution in [0, 0.1) is 0 Å². The molecular weight excluding hydrogens is 306 g/mol. The second-order valence-corrected chi connectivity index (χ2v) is 5.11. The summed E-state index contributed by atoms with van der Waals surface area (Å²) in [7, 11) is 0. The number of nitrogens with two attached hydrogens (primary N) is 1. The minimum Gasteiger partial charge on any atom is -0.436 e. The number of nitrogens with zero attached hydrogens (tertiary/aromatic N) is 2. The van der Waals surface area contributed by atoms with Gasteiger partial charge in [0.05, 0.1) is 10.6 Å². The van der Waals surface area contributed by atoms with Crippen molar-refractivity contribution in [1.82, 2.24) is 9.97 Å². The highest BCUT2D eigenvalue weighted by atomic mass is 35.5. The Kier molecular flexibility index (Phi) is 3.68. The maximum atomic E-state index is 6.16. The number of hydrogen-bond acceptors (Lipinski definition) is 4. The molecular formula is C15H10ClN3OS. The molecule has 104 valence electrons. The first-order valence-electron chi connectivity index (χ1n) is 6.13. The molecule has 0 aliphatic rings. The Morgan fingerprint density at radius 2 is 1.86 bits per heavy atom. The van der Waals surface area contributed by atoms with Crippen LogP contribution in [0.25, 0.3) is 10.9 Å². The van der Waals surface area contributed by atoms with Crippen LogP contribution in [0.15, 0.2) is 48.8 Å². The van der Waals surface area contributed by atoms with Crippen molar-refractivity contribution < 1.29 is 4.74 Å². The molecule has 0 aliphatic heterocycles. The number of benzene rings is 1. The van der Waals surface area contributed by atoms with E-state index in [0.717, 1.165) is 5.39 Å². The highest BCUT2D eigenvalue weighted by Crippen LogP contribution is 2.32. The van der Waals surface area contributed by atoms with Crippen LogP contribution in [-0.4, -0.2) is 15.0 Å². The number of rotatable bonds is 3. The summed E-state index contributed by atoms with van der Waals surface area (Å²) in [6.45, 7) is 0. The zero-order chi connectivity index (χ0) is 14.8. The fourth-order valence-electron chi connectivity index (χ4n) is 1.96. The van der Waals surface area contributed by atoms with Gasteiger partial charge < -0.3 is 10.5 Å². The van der Waals surface area contributed by atoms with E-state index in [1.807, 2.05) is 12.1 Å². The molecule has 21 heavy (non-hydrogen) atoms. The standard InChI is InChI=1S/C15H10ClN3OS/c16-11-5-6-12(13-9(11)3-1-7-18-13)20-15-10(14(17)21)4-2-8-19-15/h1-8H,(H2,17,21). The van der Waals surface area contributed by atoms with Gasteiger partial charge in [-0.3, -0.25) is 4.98 Å². The predicted molar refractivity (Wildman–Crippen MR) is 87.0 cm³/mol. The summed E-state index contributed by atoms with van der Waals surface area (Å²) < 4.78 is 5.84. The van der Waals surface area contributed by atoms with Gasteiger partial charge in [0.15, 0.2) is 5.75 Å². The van der Waals surface area contributed by atoms with Gasteiger partial charge in [0.1, 0.15) is 10.5 Å². The number of halogens is 1. The Hall–Kier alpha value is -2.24. The van der Waals surface area contributed by atoms with Crippen LogP contribution >= 0.6 is 23.8 Å². The van der Waals surface area contributed by atoms with Crippen molar-refractivity contribution in [2.75, 3.05) is 0 Å². The fourth-order valence-corrected chi connectivity index (χ4v) is 2.33. The highest BCUT2D eigenvalue weighted by Gasteiger charge is 2.12. The Morgan fingerprint density at radius 1 is 1.10 bits per heavy atom.